The summed E-state index contributed by atoms with van der Waals surface area (Å²) >= 11 is 1.23. The van der Waals surface area contributed by atoms with Crippen molar-refractivity contribution in [2.75, 3.05) is 7.05 Å². The molecule has 1 aromatic rings. The summed E-state index contributed by atoms with van der Waals surface area (Å²) in [5, 5.41) is 13.7. The van der Waals surface area contributed by atoms with Gasteiger partial charge in [-0.25, -0.2) is 14.6 Å². The van der Waals surface area contributed by atoms with Crippen molar-refractivity contribution >= 4 is 23.3 Å². The number of aromatic nitrogens is 1. The third-order valence-corrected chi connectivity index (χ3v) is 4.56. The van der Waals surface area contributed by atoms with Crippen LogP contribution >= 0.6 is 11.3 Å². The number of hydrogen-bond donors (Lipinski definition) is 2. The number of amides is 2. The predicted molar refractivity (Wildman–Crippen MR) is 78.2 cm³/mol. The second-order valence-electron chi connectivity index (χ2n) is 5.27. The molecule has 0 fully saturated rings. The highest BCUT2D eigenvalue weighted by Gasteiger charge is 2.27. The van der Waals surface area contributed by atoms with Crippen LogP contribution in [0.25, 0.3) is 0 Å². The molecule has 2 amide bonds. The average Bonchev–Trinajstić information content (AvgIpc) is 2.87. The molecule has 2 N–H and O–H groups in total. The van der Waals surface area contributed by atoms with Crippen molar-refractivity contribution in [3.63, 3.8) is 0 Å². The first-order valence-corrected chi connectivity index (χ1v) is 7.30. The van der Waals surface area contributed by atoms with E-state index in [1.165, 1.54) is 16.7 Å². The average molecular weight is 299 g/mol. The topological polar surface area (TPSA) is 82.5 Å². The van der Waals surface area contributed by atoms with Gasteiger partial charge in [-0.2, -0.15) is 0 Å². The minimum Gasteiger partial charge on any atom is -0.476 e. The summed E-state index contributed by atoms with van der Waals surface area (Å²) in [5.41, 5.74) is -0.229. The Bertz CT molecular complexity index is 499. The van der Waals surface area contributed by atoms with Crippen LogP contribution in [-0.4, -0.2) is 39.6 Å². The molecule has 20 heavy (non-hydrogen) atoms. The second kappa shape index (κ2) is 6.21. The van der Waals surface area contributed by atoms with Gasteiger partial charge in [0.15, 0.2) is 5.69 Å². The van der Waals surface area contributed by atoms with Crippen molar-refractivity contribution in [1.29, 1.82) is 0 Å². The number of nitrogens with zero attached hydrogens (tertiary/aromatic N) is 2. The maximum absolute atomic E-state index is 12.1. The van der Waals surface area contributed by atoms with Crippen molar-refractivity contribution in [2.45, 2.75) is 45.7 Å². The van der Waals surface area contributed by atoms with E-state index in [-0.39, 0.29) is 23.3 Å². The Morgan fingerprint density at radius 1 is 1.55 bits per heavy atom. The first kappa shape index (κ1) is 16.4. The van der Waals surface area contributed by atoms with Gasteiger partial charge in [0, 0.05) is 18.0 Å². The first-order chi connectivity index (χ1) is 9.19. The SMILES string of the molecule is CCC(C)(C)N(C)C(=O)NC(C)c1nc(C(=O)O)cs1. The van der Waals surface area contributed by atoms with Crippen LogP contribution in [0.5, 0.6) is 0 Å². The number of thiazole rings is 1. The van der Waals surface area contributed by atoms with Crippen molar-refractivity contribution in [3.05, 3.63) is 16.1 Å². The number of carbonyl (C=O) groups is 2. The fourth-order valence-electron chi connectivity index (χ4n) is 1.44. The van der Waals surface area contributed by atoms with E-state index in [9.17, 15) is 9.59 Å². The van der Waals surface area contributed by atoms with Crippen molar-refractivity contribution in [3.8, 4) is 0 Å². The summed E-state index contributed by atoms with van der Waals surface area (Å²) in [5.74, 6) is -1.06. The van der Waals surface area contributed by atoms with E-state index in [0.717, 1.165) is 6.42 Å². The molecule has 0 aliphatic carbocycles. The Morgan fingerprint density at radius 2 is 2.15 bits per heavy atom. The van der Waals surface area contributed by atoms with Crippen LogP contribution in [0.1, 0.15) is 55.7 Å². The van der Waals surface area contributed by atoms with Crippen LogP contribution in [0.4, 0.5) is 4.79 Å². The molecule has 1 unspecified atom stereocenters. The molecule has 6 nitrogen and oxygen atoms in total. The molecule has 0 saturated carbocycles. The maximum Gasteiger partial charge on any atom is 0.355 e. The van der Waals surface area contributed by atoms with E-state index in [2.05, 4.69) is 10.3 Å². The van der Waals surface area contributed by atoms with Crippen LogP contribution in [0.3, 0.4) is 0 Å². The monoisotopic (exact) mass is 299 g/mol. The van der Waals surface area contributed by atoms with Gasteiger partial charge in [0.25, 0.3) is 0 Å². The zero-order valence-corrected chi connectivity index (χ0v) is 13.2. The lowest BCUT2D eigenvalue weighted by Gasteiger charge is -2.35. The van der Waals surface area contributed by atoms with Crippen LogP contribution < -0.4 is 5.32 Å². The lowest BCUT2D eigenvalue weighted by molar-refractivity contribution is 0.0691. The van der Waals surface area contributed by atoms with Crippen LogP contribution in [-0.2, 0) is 0 Å². The highest BCUT2D eigenvalue weighted by Crippen LogP contribution is 2.20. The molecule has 7 heteroatoms. The second-order valence-corrected chi connectivity index (χ2v) is 6.16. The van der Waals surface area contributed by atoms with Gasteiger partial charge < -0.3 is 15.3 Å². The Kier molecular flexibility index (Phi) is 5.10. The molecule has 112 valence electrons. The molecular formula is C13H21N3O3S. The zero-order valence-electron chi connectivity index (χ0n) is 12.4. The van der Waals surface area contributed by atoms with Crippen molar-refractivity contribution < 1.29 is 14.7 Å². The minimum absolute atomic E-state index is 0.00772. The molecule has 0 radical (unpaired) electrons. The van der Waals surface area contributed by atoms with E-state index >= 15 is 0 Å². The van der Waals surface area contributed by atoms with Gasteiger partial charge in [0.2, 0.25) is 0 Å². The zero-order chi connectivity index (χ0) is 15.5. The number of hydrogen-bond acceptors (Lipinski definition) is 4. The van der Waals surface area contributed by atoms with Gasteiger partial charge in [-0.1, -0.05) is 6.92 Å². The fraction of sp³-hybridized carbons (Fsp3) is 0.615. The molecule has 1 rings (SSSR count). The largest absolute Gasteiger partial charge is 0.476 e. The Morgan fingerprint density at radius 3 is 2.60 bits per heavy atom. The summed E-state index contributed by atoms with van der Waals surface area (Å²) in [6.07, 6.45) is 0.839. The molecule has 0 spiro atoms. The van der Waals surface area contributed by atoms with E-state index < -0.39 is 5.97 Å². The molecular weight excluding hydrogens is 278 g/mol. The molecule has 0 aromatic carbocycles. The molecule has 0 aliphatic rings. The van der Waals surface area contributed by atoms with E-state index in [1.807, 2.05) is 20.8 Å². The van der Waals surface area contributed by atoms with Gasteiger partial charge in [-0.05, 0) is 27.2 Å². The summed E-state index contributed by atoms with van der Waals surface area (Å²) < 4.78 is 0. The van der Waals surface area contributed by atoms with Crippen LogP contribution in [0.2, 0.25) is 0 Å². The summed E-state index contributed by atoms with van der Waals surface area (Å²) in [4.78, 5) is 28.6. The normalized spacial score (nSPS) is 12.8. The smallest absolute Gasteiger partial charge is 0.355 e. The number of nitrogens with one attached hydrogen (secondary N) is 1. The highest BCUT2D eigenvalue weighted by molar-refractivity contribution is 7.09. The fourth-order valence-corrected chi connectivity index (χ4v) is 2.24. The van der Waals surface area contributed by atoms with Gasteiger partial charge in [-0.15, -0.1) is 11.3 Å². The first-order valence-electron chi connectivity index (χ1n) is 6.42. The quantitative estimate of drug-likeness (QED) is 0.875. The van der Waals surface area contributed by atoms with Crippen molar-refractivity contribution in [2.24, 2.45) is 0 Å². The molecule has 0 saturated heterocycles. The minimum atomic E-state index is -1.06. The lowest BCUT2D eigenvalue weighted by atomic mass is 10.0. The van der Waals surface area contributed by atoms with Gasteiger partial charge in [0.1, 0.15) is 5.01 Å². The number of urea groups is 1. The number of rotatable bonds is 5. The third kappa shape index (κ3) is 3.69. The van der Waals surface area contributed by atoms with Crippen molar-refractivity contribution in [1.82, 2.24) is 15.2 Å². The van der Waals surface area contributed by atoms with Gasteiger partial charge in [0.05, 0.1) is 6.04 Å². The van der Waals surface area contributed by atoms with Gasteiger partial charge >= 0.3 is 12.0 Å². The number of carboxylic acids is 1. The summed E-state index contributed by atoms with van der Waals surface area (Å²) in [6, 6.07) is -0.521. The number of carbonyl (C=O) groups excluding carboxylic acids is 1. The molecule has 0 aliphatic heterocycles. The maximum atomic E-state index is 12.1. The Balaban J connectivity index is 2.72. The molecule has 1 aromatic heterocycles. The standard InChI is InChI=1S/C13H21N3O3S/c1-6-13(3,4)16(5)12(19)14-8(2)10-15-9(7-20-10)11(17)18/h7-8H,6H2,1-5H3,(H,14,19)(H,17,18). The Hall–Kier alpha value is -1.63. The third-order valence-electron chi connectivity index (χ3n) is 3.53. The summed E-state index contributed by atoms with van der Waals surface area (Å²) in [6.45, 7) is 7.79. The Labute approximate surface area is 122 Å². The summed E-state index contributed by atoms with van der Waals surface area (Å²) in [7, 11) is 1.75. The van der Waals surface area contributed by atoms with Gasteiger partial charge in [-0.3, -0.25) is 0 Å². The molecule has 1 atom stereocenters. The van der Waals surface area contributed by atoms with E-state index in [0.29, 0.717) is 5.01 Å². The lowest BCUT2D eigenvalue weighted by Crippen LogP contribution is -2.49. The molecule has 1 heterocycles. The number of aromatic carboxylic acids is 1. The van der Waals surface area contributed by atoms with Crippen LogP contribution in [0.15, 0.2) is 5.38 Å². The van der Waals surface area contributed by atoms with E-state index in [4.69, 9.17) is 5.11 Å². The molecule has 0 bridgehead atoms. The van der Waals surface area contributed by atoms with E-state index in [1.54, 1.807) is 18.9 Å². The highest BCUT2D eigenvalue weighted by atomic mass is 32.1. The predicted octanol–water partition coefficient (Wildman–Crippen LogP) is 2.73. The number of carboxylic acid groups (broad SMARTS) is 1. The van der Waals surface area contributed by atoms with Crippen LogP contribution in [0, 0.1) is 0 Å².